The summed E-state index contributed by atoms with van der Waals surface area (Å²) in [4.78, 5) is 51.3. The second kappa shape index (κ2) is 10.9. The smallest absolute Gasteiger partial charge is 0.338 e. The van der Waals surface area contributed by atoms with Crippen LogP contribution in [-0.2, 0) is 19.6 Å². The van der Waals surface area contributed by atoms with Crippen LogP contribution in [0.5, 0.6) is 0 Å². The highest BCUT2D eigenvalue weighted by Gasteiger charge is 2.30. The number of carbonyl (C=O) groups excluding carboxylic acids is 4. The third kappa shape index (κ3) is 5.25. The molecule has 3 aromatic rings. The molecule has 1 N–H and O–H groups in total. The van der Waals surface area contributed by atoms with Gasteiger partial charge >= 0.3 is 5.97 Å². The Labute approximate surface area is 226 Å². The van der Waals surface area contributed by atoms with Gasteiger partial charge in [-0.1, -0.05) is 44.2 Å². The molecule has 0 bridgehead atoms. The van der Waals surface area contributed by atoms with Crippen molar-refractivity contribution in [3.8, 4) is 0 Å². The number of rotatable bonds is 8. The first-order valence-electron chi connectivity index (χ1n) is 12.4. The Kier molecular flexibility index (Phi) is 7.80. The van der Waals surface area contributed by atoms with Gasteiger partial charge in [0.25, 0.3) is 5.91 Å². The summed E-state index contributed by atoms with van der Waals surface area (Å²) in [5.41, 5.74) is 1.76. The van der Waals surface area contributed by atoms with Crippen LogP contribution in [0, 0.1) is 6.92 Å². The Hall–Kier alpha value is -4.15. The number of carbonyl (C=O) groups is 4. The molecule has 1 aliphatic carbocycles. The molecule has 0 saturated carbocycles. The number of benzene rings is 3. The van der Waals surface area contributed by atoms with Crippen LogP contribution >= 0.6 is 0 Å². The van der Waals surface area contributed by atoms with Gasteiger partial charge in [0.15, 0.2) is 17.7 Å². The molecule has 1 amide bonds. The minimum absolute atomic E-state index is 0.00685. The van der Waals surface area contributed by atoms with Crippen LogP contribution in [0.15, 0.2) is 65.6 Å². The fourth-order valence-corrected chi connectivity index (χ4v) is 6.12. The molecule has 39 heavy (non-hydrogen) atoms. The summed E-state index contributed by atoms with van der Waals surface area (Å²) in [6.07, 6.45) is -1.24. The van der Waals surface area contributed by atoms with Gasteiger partial charge in [0.05, 0.1) is 10.5 Å². The number of aryl methyl sites for hydroxylation is 1. The van der Waals surface area contributed by atoms with E-state index in [9.17, 15) is 27.6 Å². The standard InChI is InChI=1S/C29H28N2O7S/c1-5-31(6-2)39(36,37)25-15-19(12-11-17(25)3)29(35)38-18(4)28(34)30-20-13-14-23-24(16-20)27(33)22-10-8-7-9-21(22)26(23)32/h7-16,18H,5-6H2,1-4H3,(H,30,34). The molecule has 0 aromatic heterocycles. The summed E-state index contributed by atoms with van der Waals surface area (Å²) in [6, 6.07) is 15.1. The van der Waals surface area contributed by atoms with Gasteiger partial charge in [-0.2, -0.15) is 4.31 Å². The van der Waals surface area contributed by atoms with Crippen molar-refractivity contribution < 1.29 is 32.3 Å². The van der Waals surface area contributed by atoms with E-state index in [0.29, 0.717) is 16.7 Å². The lowest BCUT2D eigenvalue weighted by atomic mass is 9.84. The Morgan fingerprint density at radius 1 is 0.872 bits per heavy atom. The quantitative estimate of drug-likeness (QED) is 0.330. The summed E-state index contributed by atoms with van der Waals surface area (Å²) in [6.45, 7) is 7.02. The van der Waals surface area contributed by atoms with Gasteiger partial charge in [-0.25, -0.2) is 13.2 Å². The van der Waals surface area contributed by atoms with Crippen molar-refractivity contribution in [2.75, 3.05) is 18.4 Å². The zero-order valence-electron chi connectivity index (χ0n) is 22.0. The number of nitrogens with zero attached hydrogens (tertiary/aromatic N) is 1. The fourth-order valence-electron chi connectivity index (χ4n) is 4.41. The van der Waals surface area contributed by atoms with Crippen molar-refractivity contribution in [2.45, 2.75) is 38.7 Å². The SMILES string of the molecule is CCN(CC)S(=O)(=O)c1cc(C(=O)OC(C)C(=O)Nc2ccc3c(c2)C(=O)c2ccccc2C3=O)ccc1C. The summed E-state index contributed by atoms with van der Waals surface area (Å²) in [5, 5.41) is 2.60. The van der Waals surface area contributed by atoms with Crippen molar-refractivity contribution in [2.24, 2.45) is 0 Å². The summed E-state index contributed by atoms with van der Waals surface area (Å²) < 4.78 is 32.6. The highest BCUT2D eigenvalue weighted by molar-refractivity contribution is 7.89. The minimum atomic E-state index is -3.81. The normalized spacial score (nSPS) is 13.5. The Morgan fingerprint density at radius 3 is 2.08 bits per heavy atom. The molecule has 0 fully saturated rings. The maximum absolute atomic E-state index is 13.0. The molecule has 0 saturated heterocycles. The number of hydrogen-bond donors (Lipinski definition) is 1. The monoisotopic (exact) mass is 548 g/mol. The van der Waals surface area contributed by atoms with E-state index in [2.05, 4.69) is 5.32 Å². The average Bonchev–Trinajstić information content (AvgIpc) is 2.92. The van der Waals surface area contributed by atoms with Crippen LogP contribution in [0.1, 0.15) is 68.5 Å². The number of nitrogens with one attached hydrogen (secondary N) is 1. The largest absolute Gasteiger partial charge is 0.449 e. The third-order valence-electron chi connectivity index (χ3n) is 6.59. The molecule has 0 radical (unpaired) electrons. The van der Waals surface area contributed by atoms with Crippen molar-refractivity contribution in [1.29, 1.82) is 0 Å². The summed E-state index contributed by atoms with van der Waals surface area (Å²) in [7, 11) is -3.81. The average molecular weight is 549 g/mol. The molecule has 10 heteroatoms. The third-order valence-corrected chi connectivity index (χ3v) is 8.78. The Balaban J connectivity index is 1.49. The minimum Gasteiger partial charge on any atom is -0.449 e. The van der Waals surface area contributed by atoms with Gasteiger partial charge in [-0.15, -0.1) is 0 Å². The lowest BCUT2D eigenvalue weighted by Gasteiger charge is -2.20. The first-order chi connectivity index (χ1) is 18.5. The summed E-state index contributed by atoms with van der Waals surface area (Å²) in [5.74, 6) is -2.13. The van der Waals surface area contributed by atoms with Crippen molar-refractivity contribution in [3.05, 3.63) is 94.0 Å². The van der Waals surface area contributed by atoms with Crippen LogP contribution in [-0.4, -0.2) is 55.4 Å². The first-order valence-corrected chi connectivity index (χ1v) is 13.9. The molecule has 1 unspecified atom stereocenters. The summed E-state index contributed by atoms with van der Waals surface area (Å²) >= 11 is 0. The number of sulfonamides is 1. The van der Waals surface area contributed by atoms with Crippen LogP contribution in [0.4, 0.5) is 5.69 Å². The van der Waals surface area contributed by atoms with Crippen molar-refractivity contribution >= 4 is 39.2 Å². The Morgan fingerprint density at radius 2 is 1.46 bits per heavy atom. The Bertz CT molecular complexity index is 1610. The number of fused-ring (bicyclic) bond motifs is 2. The second-order valence-corrected chi connectivity index (χ2v) is 11.0. The topological polar surface area (TPSA) is 127 Å². The van der Waals surface area contributed by atoms with Gasteiger partial charge in [0, 0.05) is 41.0 Å². The highest BCUT2D eigenvalue weighted by Crippen LogP contribution is 2.29. The molecule has 202 valence electrons. The van der Waals surface area contributed by atoms with E-state index < -0.39 is 28.0 Å². The zero-order chi connectivity index (χ0) is 28.5. The number of anilines is 1. The van der Waals surface area contributed by atoms with E-state index >= 15 is 0 Å². The molecular formula is C29H28N2O7S. The maximum atomic E-state index is 13.0. The molecule has 9 nitrogen and oxygen atoms in total. The molecule has 1 aliphatic rings. The van der Waals surface area contributed by atoms with E-state index in [1.54, 1.807) is 45.0 Å². The number of ether oxygens (including phenoxy) is 1. The van der Waals surface area contributed by atoms with Gasteiger partial charge in [0.2, 0.25) is 10.0 Å². The molecule has 0 spiro atoms. The molecule has 0 aliphatic heterocycles. The van der Waals surface area contributed by atoms with Gasteiger partial charge in [-0.3, -0.25) is 14.4 Å². The van der Waals surface area contributed by atoms with Gasteiger partial charge in [0.1, 0.15) is 0 Å². The van der Waals surface area contributed by atoms with Crippen molar-refractivity contribution in [1.82, 2.24) is 4.31 Å². The highest BCUT2D eigenvalue weighted by atomic mass is 32.2. The number of amides is 1. The number of esters is 1. The lowest BCUT2D eigenvalue weighted by molar-refractivity contribution is -0.123. The number of ketones is 2. The van der Waals surface area contributed by atoms with Gasteiger partial charge in [-0.05, 0) is 49.7 Å². The predicted octanol–water partition coefficient (Wildman–Crippen LogP) is 3.98. The van der Waals surface area contributed by atoms with Crippen LogP contribution in [0.25, 0.3) is 0 Å². The fraction of sp³-hybridized carbons (Fsp3) is 0.241. The van der Waals surface area contributed by atoms with E-state index in [1.165, 1.54) is 47.6 Å². The first kappa shape index (κ1) is 27.9. The van der Waals surface area contributed by atoms with E-state index in [1.807, 2.05) is 0 Å². The number of hydrogen-bond acceptors (Lipinski definition) is 7. The van der Waals surface area contributed by atoms with E-state index in [-0.39, 0.29) is 51.9 Å². The van der Waals surface area contributed by atoms with Crippen molar-refractivity contribution in [3.63, 3.8) is 0 Å². The van der Waals surface area contributed by atoms with Gasteiger partial charge < -0.3 is 10.1 Å². The van der Waals surface area contributed by atoms with Crippen LogP contribution in [0.2, 0.25) is 0 Å². The second-order valence-electron chi connectivity index (χ2n) is 9.07. The predicted molar refractivity (Wildman–Crippen MR) is 145 cm³/mol. The van der Waals surface area contributed by atoms with E-state index in [4.69, 9.17) is 4.74 Å². The lowest BCUT2D eigenvalue weighted by Crippen LogP contribution is -2.32. The van der Waals surface area contributed by atoms with Crippen LogP contribution < -0.4 is 5.32 Å². The zero-order valence-corrected chi connectivity index (χ0v) is 22.8. The maximum Gasteiger partial charge on any atom is 0.338 e. The molecular weight excluding hydrogens is 520 g/mol. The van der Waals surface area contributed by atoms with E-state index in [0.717, 1.165) is 0 Å². The van der Waals surface area contributed by atoms with Crippen LogP contribution in [0.3, 0.4) is 0 Å². The molecule has 1 atom stereocenters. The molecule has 3 aromatic carbocycles. The molecule has 0 heterocycles. The molecule has 4 rings (SSSR count).